The number of carbonyl (C=O) groups is 1. The molecule has 0 bridgehead atoms. The fourth-order valence-electron chi connectivity index (χ4n) is 2.13. The van der Waals surface area contributed by atoms with Gasteiger partial charge in [-0.1, -0.05) is 18.5 Å². The smallest absolute Gasteiger partial charge is 0.226 e. The fraction of sp³-hybridized carbons (Fsp3) is 0.500. The van der Waals surface area contributed by atoms with Crippen LogP contribution >= 0.6 is 24.0 Å². The third-order valence-corrected chi connectivity index (χ3v) is 3.39. The number of carbonyl (C=O) groups excluding carboxylic acids is 1. The minimum atomic E-state index is -0.132. The molecule has 1 amide bonds. The maximum Gasteiger partial charge on any atom is 0.226 e. The van der Waals surface area contributed by atoms with Crippen molar-refractivity contribution in [1.29, 1.82) is 0 Å². The quantitative estimate of drug-likeness (QED) is 0.817. The summed E-state index contributed by atoms with van der Waals surface area (Å²) in [6.07, 6.45) is 0.683. The van der Waals surface area contributed by atoms with E-state index in [1.54, 1.807) is 6.07 Å². The van der Waals surface area contributed by atoms with Crippen molar-refractivity contribution >= 4 is 29.9 Å². The monoisotopic (exact) mass is 318 g/mol. The number of nitrogens with one attached hydrogen (secondary N) is 2. The largest absolute Gasteiger partial charge is 0.492 e. The normalized spacial score (nSPS) is 16.6. The Bertz CT molecular complexity index is 455. The van der Waals surface area contributed by atoms with Gasteiger partial charge in [0.1, 0.15) is 12.4 Å². The maximum absolute atomic E-state index is 12.0. The number of hydrogen-bond acceptors (Lipinski definition) is 3. The minimum Gasteiger partial charge on any atom is -0.492 e. The minimum absolute atomic E-state index is 0. The van der Waals surface area contributed by atoms with Crippen LogP contribution in [0, 0.1) is 5.92 Å². The Morgan fingerprint density at radius 1 is 1.45 bits per heavy atom. The van der Waals surface area contributed by atoms with E-state index in [0.29, 0.717) is 24.6 Å². The van der Waals surface area contributed by atoms with Crippen molar-refractivity contribution in [1.82, 2.24) is 10.6 Å². The van der Waals surface area contributed by atoms with E-state index in [1.165, 1.54) is 0 Å². The molecule has 112 valence electrons. The summed E-state index contributed by atoms with van der Waals surface area (Å²) < 4.78 is 5.60. The van der Waals surface area contributed by atoms with Crippen LogP contribution in [0.15, 0.2) is 18.2 Å². The van der Waals surface area contributed by atoms with Gasteiger partial charge in [0.25, 0.3) is 0 Å². The highest BCUT2D eigenvalue weighted by Gasteiger charge is 2.25. The predicted molar refractivity (Wildman–Crippen MR) is 82.9 cm³/mol. The number of halogens is 2. The first kappa shape index (κ1) is 17.1. The van der Waals surface area contributed by atoms with Crippen molar-refractivity contribution in [3.63, 3.8) is 0 Å². The van der Waals surface area contributed by atoms with Crippen LogP contribution in [0.3, 0.4) is 0 Å². The first-order valence-corrected chi connectivity index (χ1v) is 6.98. The topological polar surface area (TPSA) is 50.4 Å². The first-order valence-electron chi connectivity index (χ1n) is 6.60. The zero-order chi connectivity index (χ0) is 13.7. The molecule has 4 nitrogen and oxygen atoms in total. The highest BCUT2D eigenvalue weighted by atomic mass is 35.5. The van der Waals surface area contributed by atoms with Crippen LogP contribution < -0.4 is 15.4 Å². The number of fused-ring (bicyclic) bond motifs is 1. The molecule has 1 aliphatic heterocycles. The molecule has 0 aromatic heterocycles. The number of amides is 1. The molecule has 20 heavy (non-hydrogen) atoms. The number of hydrogen-bond donors (Lipinski definition) is 2. The molecular weight excluding hydrogens is 299 g/mol. The molecule has 2 N–H and O–H groups in total. The van der Waals surface area contributed by atoms with E-state index in [4.69, 9.17) is 16.3 Å². The van der Waals surface area contributed by atoms with Gasteiger partial charge in [-0.2, -0.15) is 0 Å². The van der Waals surface area contributed by atoms with Gasteiger partial charge >= 0.3 is 0 Å². The fourth-order valence-corrected chi connectivity index (χ4v) is 2.32. The Morgan fingerprint density at radius 2 is 2.25 bits per heavy atom. The van der Waals surface area contributed by atoms with Crippen molar-refractivity contribution in [3.05, 3.63) is 28.8 Å². The lowest BCUT2D eigenvalue weighted by Crippen LogP contribution is -2.40. The molecular formula is C14H20Cl2N2O2. The Balaban J connectivity index is 0.00000200. The van der Waals surface area contributed by atoms with Crippen molar-refractivity contribution in [3.8, 4) is 5.75 Å². The van der Waals surface area contributed by atoms with Crippen LogP contribution in [-0.4, -0.2) is 32.1 Å². The first-order chi connectivity index (χ1) is 9.20. The van der Waals surface area contributed by atoms with Crippen LogP contribution in [0.4, 0.5) is 0 Å². The average Bonchev–Trinajstić information content (AvgIpc) is 2.42. The van der Waals surface area contributed by atoms with Crippen LogP contribution in [-0.2, 0) is 11.2 Å². The van der Waals surface area contributed by atoms with E-state index >= 15 is 0 Å². The summed E-state index contributed by atoms with van der Waals surface area (Å²) in [7, 11) is 0. The molecule has 1 unspecified atom stereocenters. The van der Waals surface area contributed by atoms with Crippen LogP contribution in [0.2, 0.25) is 5.02 Å². The van der Waals surface area contributed by atoms with E-state index in [2.05, 4.69) is 10.6 Å². The van der Waals surface area contributed by atoms with E-state index < -0.39 is 0 Å². The molecule has 0 spiro atoms. The summed E-state index contributed by atoms with van der Waals surface area (Å²) in [5.74, 6) is 0.747. The van der Waals surface area contributed by atoms with Crippen LogP contribution in [0.1, 0.15) is 12.5 Å². The van der Waals surface area contributed by atoms with E-state index in [-0.39, 0.29) is 24.2 Å². The predicted octanol–water partition coefficient (Wildman–Crippen LogP) is 2.04. The lowest BCUT2D eigenvalue weighted by Gasteiger charge is -2.24. The van der Waals surface area contributed by atoms with Gasteiger partial charge in [-0.15, -0.1) is 12.4 Å². The lowest BCUT2D eigenvalue weighted by atomic mass is 9.96. The number of ether oxygens (including phenoxy) is 1. The maximum atomic E-state index is 12.0. The second-order valence-corrected chi connectivity index (χ2v) is 5.05. The lowest BCUT2D eigenvalue weighted by molar-refractivity contribution is -0.126. The summed E-state index contributed by atoms with van der Waals surface area (Å²) in [6.45, 7) is 4.82. The van der Waals surface area contributed by atoms with Crippen molar-refractivity contribution in [2.45, 2.75) is 13.3 Å². The van der Waals surface area contributed by atoms with Crippen molar-refractivity contribution in [2.75, 3.05) is 26.2 Å². The Kier molecular flexibility index (Phi) is 7.13. The van der Waals surface area contributed by atoms with Gasteiger partial charge in [0, 0.05) is 18.1 Å². The van der Waals surface area contributed by atoms with Crippen LogP contribution in [0.5, 0.6) is 5.75 Å². The second kappa shape index (κ2) is 8.35. The molecule has 0 aliphatic carbocycles. The molecule has 1 aliphatic rings. The Labute approximate surface area is 130 Å². The molecule has 6 heteroatoms. The Hall–Kier alpha value is -0.970. The summed E-state index contributed by atoms with van der Waals surface area (Å²) in [5.41, 5.74) is 1.01. The molecule has 0 saturated heterocycles. The summed E-state index contributed by atoms with van der Waals surface area (Å²) in [6, 6.07) is 5.53. The zero-order valence-corrected chi connectivity index (χ0v) is 13.0. The van der Waals surface area contributed by atoms with Gasteiger partial charge in [0.05, 0.1) is 5.92 Å². The van der Waals surface area contributed by atoms with Gasteiger partial charge in [0.2, 0.25) is 5.91 Å². The van der Waals surface area contributed by atoms with Crippen LogP contribution in [0.25, 0.3) is 0 Å². The number of likely N-dealkylation sites (N-methyl/N-ethyl adjacent to an activating group) is 1. The van der Waals surface area contributed by atoms with E-state index in [9.17, 15) is 4.79 Å². The molecule has 1 aromatic rings. The number of benzene rings is 1. The second-order valence-electron chi connectivity index (χ2n) is 4.61. The van der Waals surface area contributed by atoms with Gasteiger partial charge in [-0.3, -0.25) is 4.79 Å². The summed E-state index contributed by atoms with van der Waals surface area (Å²) >= 11 is 5.96. The molecule has 1 aromatic carbocycles. The van der Waals surface area contributed by atoms with Gasteiger partial charge in [0.15, 0.2) is 0 Å². The van der Waals surface area contributed by atoms with E-state index in [1.807, 2.05) is 19.1 Å². The summed E-state index contributed by atoms with van der Waals surface area (Å²) in [4.78, 5) is 12.0. The SMILES string of the molecule is CCNCCNC(=O)C1COc2ccc(Cl)cc2C1.Cl. The van der Waals surface area contributed by atoms with Gasteiger partial charge in [-0.05, 0) is 36.7 Å². The van der Waals surface area contributed by atoms with E-state index in [0.717, 1.165) is 24.4 Å². The third-order valence-electron chi connectivity index (χ3n) is 3.15. The molecule has 0 radical (unpaired) electrons. The third kappa shape index (κ3) is 4.54. The molecule has 0 saturated carbocycles. The van der Waals surface area contributed by atoms with Gasteiger partial charge < -0.3 is 15.4 Å². The number of rotatable bonds is 5. The van der Waals surface area contributed by atoms with Crippen molar-refractivity contribution in [2.24, 2.45) is 5.92 Å². The molecule has 2 rings (SSSR count). The highest BCUT2D eigenvalue weighted by Crippen LogP contribution is 2.29. The molecule has 1 heterocycles. The zero-order valence-electron chi connectivity index (χ0n) is 11.4. The standard InChI is InChI=1S/C14H19ClN2O2.ClH/c1-2-16-5-6-17-14(18)11-7-10-8-12(15)3-4-13(10)19-9-11;/h3-4,8,11,16H,2,5-7,9H2,1H3,(H,17,18);1H. The Morgan fingerprint density at radius 3 is 3.00 bits per heavy atom. The van der Waals surface area contributed by atoms with Gasteiger partial charge in [-0.25, -0.2) is 0 Å². The average molecular weight is 319 g/mol. The van der Waals surface area contributed by atoms with Crippen molar-refractivity contribution < 1.29 is 9.53 Å². The molecule has 0 fully saturated rings. The summed E-state index contributed by atoms with van der Waals surface area (Å²) in [5, 5.41) is 6.76. The molecule has 1 atom stereocenters. The highest BCUT2D eigenvalue weighted by molar-refractivity contribution is 6.30.